The molecule has 1 unspecified atom stereocenters. The van der Waals surface area contributed by atoms with Gasteiger partial charge in [-0.05, 0) is 25.5 Å². The van der Waals surface area contributed by atoms with Crippen molar-refractivity contribution in [2.45, 2.75) is 25.9 Å². The van der Waals surface area contributed by atoms with Gasteiger partial charge in [-0.1, -0.05) is 29.8 Å². The predicted molar refractivity (Wildman–Crippen MR) is 117 cm³/mol. The van der Waals surface area contributed by atoms with E-state index in [0.29, 0.717) is 42.9 Å². The minimum Gasteiger partial charge on any atom is -0.439 e. The molecule has 0 saturated carbocycles. The Morgan fingerprint density at radius 2 is 2.03 bits per heavy atom. The summed E-state index contributed by atoms with van der Waals surface area (Å²) >= 11 is 0. The van der Waals surface area contributed by atoms with Crippen molar-refractivity contribution < 1.29 is 13.2 Å². The van der Waals surface area contributed by atoms with Gasteiger partial charge in [0.1, 0.15) is 11.6 Å². The van der Waals surface area contributed by atoms with Gasteiger partial charge in [0.15, 0.2) is 11.7 Å². The van der Waals surface area contributed by atoms with Gasteiger partial charge in [0.05, 0.1) is 18.4 Å². The van der Waals surface area contributed by atoms with E-state index in [9.17, 15) is 8.78 Å². The number of aryl methyl sites for hydroxylation is 1. The van der Waals surface area contributed by atoms with Crippen molar-refractivity contribution in [1.82, 2.24) is 15.6 Å². The third kappa shape index (κ3) is 5.02. The van der Waals surface area contributed by atoms with Crippen molar-refractivity contribution in [3.63, 3.8) is 0 Å². The number of hydrogen-bond donors (Lipinski definition) is 2. The van der Waals surface area contributed by atoms with Crippen LogP contribution in [0.4, 0.5) is 14.5 Å². The SMILES string of the molecule is CN=C(NCc1ncc(-c2ccc(C)cc2)o1)NC1CCN(c2ccc(F)cc2F)C1. The molecule has 1 aliphatic heterocycles. The summed E-state index contributed by atoms with van der Waals surface area (Å²) in [6.45, 7) is 3.70. The molecule has 31 heavy (non-hydrogen) atoms. The molecule has 1 aliphatic rings. The van der Waals surface area contributed by atoms with Crippen molar-refractivity contribution in [3.05, 3.63) is 71.8 Å². The molecular weight excluding hydrogens is 400 g/mol. The van der Waals surface area contributed by atoms with Crippen molar-refractivity contribution in [2.75, 3.05) is 25.0 Å². The normalized spacial score (nSPS) is 16.6. The van der Waals surface area contributed by atoms with E-state index in [1.165, 1.54) is 17.7 Å². The second-order valence-corrected chi connectivity index (χ2v) is 7.58. The molecule has 1 atom stereocenters. The van der Waals surface area contributed by atoms with E-state index < -0.39 is 11.6 Å². The fourth-order valence-corrected chi connectivity index (χ4v) is 3.63. The van der Waals surface area contributed by atoms with Crippen molar-refractivity contribution >= 4 is 11.6 Å². The molecule has 4 rings (SSSR count). The summed E-state index contributed by atoms with van der Waals surface area (Å²) in [5.74, 6) is 0.766. The largest absolute Gasteiger partial charge is 0.439 e. The molecule has 0 bridgehead atoms. The molecule has 0 amide bonds. The number of rotatable bonds is 5. The number of aromatic nitrogens is 1. The number of anilines is 1. The maximum absolute atomic E-state index is 14.1. The third-order valence-electron chi connectivity index (χ3n) is 5.30. The van der Waals surface area contributed by atoms with E-state index in [1.54, 1.807) is 13.2 Å². The maximum Gasteiger partial charge on any atom is 0.214 e. The van der Waals surface area contributed by atoms with Gasteiger partial charge in [-0.3, -0.25) is 4.99 Å². The van der Waals surface area contributed by atoms with Crippen LogP contribution >= 0.6 is 0 Å². The molecule has 2 heterocycles. The second-order valence-electron chi connectivity index (χ2n) is 7.58. The lowest BCUT2D eigenvalue weighted by Gasteiger charge is -2.20. The highest BCUT2D eigenvalue weighted by Gasteiger charge is 2.25. The molecule has 2 N–H and O–H groups in total. The van der Waals surface area contributed by atoms with E-state index in [1.807, 2.05) is 36.1 Å². The molecule has 1 aromatic heterocycles. The van der Waals surface area contributed by atoms with Crippen LogP contribution in [0.5, 0.6) is 0 Å². The Kier molecular flexibility index (Phi) is 6.16. The zero-order valence-corrected chi connectivity index (χ0v) is 17.5. The fraction of sp³-hybridized carbons (Fsp3) is 0.304. The standard InChI is InChI=1S/C23H25F2N5O/c1-15-3-5-16(6-4-15)21-12-27-22(31-21)13-28-23(26-2)29-18-9-10-30(14-18)20-8-7-17(24)11-19(20)25/h3-8,11-12,18H,9-10,13-14H2,1-2H3,(H2,26,28,29). The summed E-state index contributed by atoms with van der Waals surface area (Å²) in [7, 11) is 1.69. The predicted octanol–water partition coefficient (Wildman–Crippen LogP) is 3.87. The second kappa shape index (κ2) is 9.16. The quantitative estimate of drug-likeness (QED) is 0.480. The van der Waals surface area contributed by atoms with Crippen LogP contribution in [-0.2, 0) is 6.54 Å². The fourth-order valence-electron chi connectivity index (χ4n) is 3.63. The maximum atomic E-state index is 14.1. The molecule has 8 heteroatoms. The molecule has 0 radical (unpaired) electrons. The van der Waals surface area contributed by atoms with E-state index in [2.05, 4.69) is 20.6 Å². The Hall–Kier alpha value is -3.42. The van der Waals surface area contributed by atoms with Gasteiger partial charge in [0, 0.05) is 37.8 Å². The topological polar surface area (TPSA) is 65.7 Å². The highest BCUT2D eigenvalue weighted by atomic mass is 19.1. The zero-order valence-electron chi connectivity index (χ0n) is 17.5. The molecular formula is C23H25F2N5O. The number of hydrogen-bond acceptors (Lipinski definition) is 4. The Bertz CT molecular complexity index is 1060. The molecule has 0 spiro atoms. The summed E-state index contributed by atoms with van der Waals surface area (Å²) < 4.78 is 33.1. The Morgan fingerprint density at radius 1 is 1.23 bits per heavy atom. The van der Waals surface area contributed by atoms with E-state index >= 15 is 0 Å². The number of guanidine groups is 1. The highest BCUT2D eigenvalue weighted by molar-refractivity contribution is 5.80. The Morgan fingerprint density at radius 3 is 2.77 bits per heavy atom. The van der Waals surface area contributed by atoms with Gasteiger partial charge in [-0.2, -0.15) is 0 Å². The van der Waals surface area contributed by atoms with E-state index in [4.69, 9.17) is 4.42 Å². The van der Waals surface area contributed by atoms with Gasteiger partial charge in [0.25, 0.3) is 0 Å². The van der Waals surface area contributed by atoms with E-state index in [0.717, 1.165) is 18.1 Å². The lowest BCUT2D eigenvalue weighted by Crippen LogP contribution is -2.44. The summed E-state index contributed by atoms with van der Waals surface area (Å²) in [6, 6.07) is 11.8. The lowest BCUT2D eigenvalue weighted by atomic mass is 10.1. The van der Waals surface area contributed by atoms with Crippen LogP contribution in [0.15, 0.2) is 58.1 Å². The van der Waals surface area contributed by atoms with Crippen LogP contribution in [0.3, 0.4) is 0 Å². The van der Waals surface area contributed by atoms with Gasteiger partial charge in [-0.15, -0.1) is 0 Å². The molecule has 3 aromatic rings. The Balaban J connectivity index is 1.31. The summed E-state index contributed by atoms with van der Waals surface area (Å²) in [5.41, 5.74) is 2.58. The average molecular weight is 425 g/mol. The Labute approximate surface area is 180 Å². The average Bonchev–Trinajstić information content (AvgIpc) is 3.41. The summed E-state index contributed by atoms with van der Waals surface area (Å²) in [6.07, 6.45) is 2.53. The molecule has 2 aromatic carbocycles. The molecule has 1 saturated heterocycles. The summed E-state index contributed by atoms with van der Waals surface area (Å²) in [4.78, 5) is 10.5. The number of nitrogens with zero attached hydrogens (tertiary/aromatic N) is 3. The lowest BCUT2D eigenvalue weighted by molar-refractivity contribution is 0.496. The molecule has 162 valence electrons. The van der Waals surface area contributed by atoms with Gasteiger partial charge in [0.2, 0.25) is 5.89 Å². The number of oxazole rings is 1. The number of halogens is 2. The minimum absolute atomic E-state index is 0.0864. The van der Waals surface area contributed by atoms with Gasteiger partial charge < -0.3 is 20.0 Å². The van der Waals surface area contributed by atoms with Crippen molar-refractivity contribution in [3.8, 4) is 11.3 Å². The van der Waals surface area contributed by atoms with Crippen LogP contribution < -0.4 is 15.5 Å². The summed E-state index contributed by atoms with van der Waals surface area (Å²) in [5, 5.41) is 6.54. The first-order valence-corrected chi connectivity index (χ1v) is 10.2. The van der Waals surface area contributed by atoms with Crippen molar-refractivity contribution in [1.29, 1.82) is 0 Å². The number of benzene rings is 2. The molecule has 6 nitrogen and oxygen atoms in total. The first-order valence-electron chi connectivity index (χ1n) is 10.2. The third-order valence-corrected chi connectivity index (χ3v) is 5.30. The monoisotopic (exact) mass is 425 g/mol. The number of nitrogens with one attached hydrogen (secondary N) is 2. The first-order chi connectivity index (χ1) is 15.0. The zero-order chi connectivity index (χ0) is 21.8. The molecule has 0 aliphatic carbocycles. The van der Waals surface area contributed by atoms with Crippen LogP contribution in [0.1, 0.15) is 17.9 Å². The van der Waals surface area contributed by atoms with Gasteiger partial charge in [-0.25, -0.2) is 13.8 Å². The smallest absolute Gasteiger partial charge is 0.214 e. The highest BCUT2D eigenvalue weighted by Crippen LogP contribution is 2.24. The first kappa shape index (κ1) is 20.8. The number of aliphatic imine (C=N–C) groups is 1. The van der Waals surface area contributed by atoms with E-state index in [-0.39, 0.29) is 6.04 Å². The van der Waals surface area contributed by atoms with Gasteiger partial charge >= 0.3 is 0 Å². The van der Waals surface area contributed by atoms with Crippen LogP contribution in [-0.4, -0.2) is 37.1 Å². The van der Waals surface area contributed by atoms with Crippen LogP contribution in [0.2, 0.25) is 0 Å². The minimum atomic E-state index is -0.572. The van der Waals surface area contributed by atoms with Crippen molar-refractivity contribution in [2.24, 2.45) is 4.99 Å². The van der Waals surface area contributed by atoms with Crippen LogP contribution in [0.25, 0.3) is 11.3 Å². The van der Waals surface area contributed by atoms with Crippen LogP contribution in [0, 0.1) is 18.6 Å². The molecule has 1 fully saturated rings.